The van der Waals surface area contributed by atoms with Crippen molar-refractivity contribution in [2.45, 2.75) is 16.4 Å². The highest BCUT2D eigenvalue weighted by Gasteiger charge is 2.67. The maximum absolute atomic E-state index is 15.1. The summed E-state index contributed by atoms with van der Waals surface area (Å²) in [7, 11) is -2.69. The van der Waals surface area contributed by atoms with E-state index < -0.39 is 85.4 Å². The molecule has 45 heavy (non-hydrogen) atoms. The minimum atomic E-state index is -4.82. The lowest BCUT2D eigenvalue weighted by atomic mass is 10.1. The zero-order chi connectivity index (χ0) is 33.4. The molecule has 0 saturated heterocycles. The molecule has 3 atom stereocenters. The van der Waals surface area contributed by atoms with Gasteiger partial charge in [0.15, 0.2) is 5.82 Å². The molecular weight excluding hydrogens is 735 g/mol. The van der Waals surface area contributed by atoms with Crippen molar-refractivity contribution in [1.82, 2.24) is 0 Å². The molecule has 0 radical (unpaired) electrons. The van der Waals surface area contributed by atoms with Crippen molar-refractivity contribution in [2.24, 2.45) is 5.92 Å². The summed E-state index contributed by atoms with van der Waals surface area (Å²) in [6, 6.07) is 9.96. The molecule has 7 nitrogen and oxygen atoms in total. The third-order valence-electron chi connectivity index (χ3n) is 6.34. The molecular formula is C27H17Cl5F5N3O4S. The zero-order valence-corrected chi connectivity index (χ0v) is 26.6. The van der Waals surface area contributed by atoms with Crippen molar-refractivity contribution in [3.8, 4) is 0 Å². The third-order valence-corrected chi connectivity index (χ3v) is 9.58. The number of carbonyl (C=O) groups excluding carboxylic acids is 3. The highest BCUT2D eigenvalue weighted by molar-refractivity contribution is 7.85. The van der Waals surface area contributed by atoms with Crippen molar-refractivity contribution < 1.29 is 40.5 Å². The molecule has 0 aromatic heterocycles. The summed E-state index contributed by atoms with van der Waals surface area (Å²) in [4.78, 5) is 38.0. The average Bonchev–Trinajstić information content (AvgIpc) is 3.51. The van der Waals surface area contributed by atoms with Gasteiger partial charge in [-0.1, -0.05) is 40.9 Å². The van der Waals surface area contributed by atoms with Gasteiger partial charge in [-0.3, -0.25) is 18.6 Å². The average molecular weight is 752 g/mol. The van der Waals surface area contributed by atoms with Gasteiger partial charge in [0.05, 0.1) is 32.2 Å². The molecule has 3 aromatic rings. The summed E-state index contributed by atoms with van der Waals surface area (Å²) in [5.74, 6) is -10.3. The number of hydrogen-bond donors (Lipinski definition) is 3. The molecule has 1 aliphatic rings. The molecule has 3 amide bonds. The summed E-state index contributed by atoms with van der Waals surface area (Å²) < 4.78 is 76.5. The van der Waals surface area contributed by atoms with Gasteiger partial charge in [0.1, 0.15) is 27.3 Å². The quantitative estimate of drug-likeness (QED) is 0.153. The highest BCUT2D eigenvalue weighted by atomic mass is 35.5. The van der Waals surface area contributed by atoms with Crippen LogP contribution in [0, 0.1) is 17.6 Å². The smallest absolute Gasteiger partial charge is 0.326 e. The molecule has 0 aliphatic heterocycles. The number of amides is 3. The number of halogens is 10. The first-order chi connectivity index (χ1) is 20.9. The summed E-state index contributed by atoms with van der Waals surface area (Å²) in [5.41, 5.74) is -1.35. The Hall–Kier alpha value is -2.68. The monoisotopic (exact) mass is 749 g/mol. The number of nitrogens with one attached hydrogen (secondary N) is 3. The molecule has 18 heteroatoms. The van der Waals surface area contributed by atoms with Gasteiger partial charge in [0.25, 0.3) is 5.91 Å². The fourth-order valence-electron chi connectivity index (χ4n) is 4.28. The van der Waals surface area contributed by atoms with E-state index in [0.717, 1.165) is 12.1 Å². The highest BCUT2D eigenvalue weighted by Crippen LogP contribution is 2.65. The van der Waals surface area contributed by atoms with Crippen LogP contribution in [0.2, 0.25) is 15.1 Å². The number of anilines is 3. The first-order valence-corrected chi connectivity index (χ1v) is 15.7. The Balaban J connectivity index is 1.47. The number of alkyl halides is 5. The Kier molecular flexibility index (Phi) is 10.6. The Morgan fingerprint density at radius 1 is 0.867 bits per heavy atom. The van der Waals surface area contributed by atoms with E-state index in [9.17, 15) is 36.2 Å². The Morgan fingerprint density at radius 2 is 1.53 bits per heavy atom. The van der Waals surface area contributed by atoms with E-state index >= 15 is 4.39 Å². The van der Waals surface area contributed by atoms with Gasteiger partial charge in [0.2, 0.25) is 11.8 Å². The second kappa shape index (κ2) is 13.6. The van der Waals surface area contributed by atoms with Crippen LogP contribution in [0.15, 0.2) is 48.5 Å². The van der Waals surface area contributed by atoms with Crippen molar-refractivity contribution >= 4 is 104 Å². The van der Waals surface area contributed by atoms with Crippen molar-refractivity contribution in [3.05, 3.63) is 86.4 Å². The second-order valence-corrected chi connectivity index (χ2v) is 13.7. The summed E-state index contributed by atoms with van der Waals surface area (Å²) in [6.45, 7) is 0. The van der Waals surface area contributed by atoms with Gasteiger partial charge in [0, 0.05) is 22.4 Å². The van der Waals surface area contributed by atoms with E-state index in [1.54, 1.807) is 11.4 Å². The molecule has 1 saturated carbocycles. The maximum atomic E-state index is 15.1. The molecule has 0 bridgehead atoms. The molecule has 1 aliphatic carbocycles. The van der Waals surface area contributed by atoms with Crippen LogP contribution in [-0.4, -0.2) is 43.9 Å². The predicted octanol–water partition coefficient (Wildman–Crippen LogP) is 7.95. The van der Waals surface area contributed by atoms with Crippen LogP contribution in [0.25, 0.3) is 0 Å². The molecule has 1 unspecified atom stereocenters. The number of benzene rings is 3. The van der Waals surface area contributed by atoms with Gasteiger partial charge < -0.3 is 16.0 Å². The standard InChI is InChI=1S/C27H17Cl5F5N3O4S/c28-14-4-2-12(38-25(43)21-20(27(21,31)32)11-1-3-15(29)16(30)7-11)8-13(14)24(42)39-18-6-5-17(33)23(22(18)34)40-19(41)9-45(44)10-26(35,36)37/h1-8,20-21H,9-10H2,(H,38,43)(H,39,42)(H,40,41)/t20-,21+,45?/m0/s1. The Bertz CT molecular complexity index is 1730. The van der Waals surface area contributed by atoms with Crippen LogP contribution in [0.4, 0.5) is 39.0 Å². The van der Waals surface area contributed by atoms with Crippen molar-refractivity contribution in [2.75, 3.05) is 27.5 Å². The first-order valence-electron chi connectivity index (χ1n) is 12.3. The summed E-state index contributed by atoms with van der Waals surface area (Å²) in [6.07, 6.45) is -4.82. The molecule has 0 spiro atoms. The minimum absolute atomic E-state index is 0.0814. The van der Waals surface area contributed by atoms with Gasteiger partial charge in [-0.05, 0) is 48.0 Å². The second-order valence-electron chi connectivity index (χ2n) is 9.62. The molecule has 240 valence electrons. The van der Waals surface area contributed by atoms with Gasteiger partial charge >= 0.3 is 6.18 Å². The van der Waals surface area contributed by atoms with Crippen LogP contribution in [0.3, 0.4) is 0 Å². The lowest BCUT2D eigenvalue weighted by Gasteiger charge is -2.13. The third kappa shape index (κ3) is 8.38. The van der Waals surface area contributed by atoms with E-state index in [1.165, 1.54) is 24.3 Å². The van der Waals surface area contributed by atoms with E-state index in [2.05, 4.69) is 10.6 Å². The molecule has 1 fully saturated rings. The lowest BCUT2D eigenvalue weighted by Crippen LogP contribution is -2.27. The number of rotatable bonds is 9. The largest absolute Gasteiger partial charge is 0.400 e. The van der Waals surface area contributed by atoms with Crippen LogP contribution in [0.1, 0.15) is 21.8 Å². The summed E-state index contributed by atoms with van der Waals surface area (Å²) in [5, 5.41) is 6.85. The minimum Gasteiger partial charge on any atom is -0.326 e. The topological polar surface area (TPSA) is 104 Å². The van der Waals surface area contributed by atoms with E-state index in [-0.39, 0.29) is 21.3 Å². The van der Waals surface area contributed by atoms with Crippen LogP contribution >= 0.6 is 58.0 Å². The maximum Gasteiger partial charge on any atom is 0.400 e. The first kappa shape index (κ1) is 35.2. The SMILES string of the molecule is O=C(CS(=O)CC(F)(F)F)Nc1c(F)ccc(NC(=O)c2cc(NC(=O)[C@H]3[C@H](c4ccc(Cl)c(Cl)c4)C3(Cl)Cl)ccc2Cl)c1F. The lowest BCUT2D eigenvalue weighted by molar-refractivity contribution is -0.117. The Labute approximate surface area is 279 Å². The number of carbonyl (C=O) groups is 3. The fraction of sp³-hybridized carbons (Fsp3) is 0.222. The van der Waals surface area contributed by atoms with Gasteiger partial charge in [-0.15, -0.1) is 23.2 Å². The molecule has 3 N–H and O–H groups in total. The zero-order valence-electron chi connectivity index (χ0n) is 22.0. The van der Waals surface area contributed by atoms with Crippen LogP contribution in [0.5, 0.6) is 0 Å². The summed E-state index contributed by atoms with van der Waals surface area (Å²) >= 11 is 30.9. The van der Waals surface area contributed by atoms with E-state index in [4.69, 9.17) is 58.0 Å². The number of hydrogen-bond acceptors (Lipinski definition) is 4. The van der Waals surface area contributed by atoms with E-state index in [0.29, 0.717) is 16.7 Å². The van der Waals surface area contributed by atoms with Crippen LogP contribution < -0.4 is 16.0 Å². The predicted molar refractivity (Wildman–Crippen MR) is 164 cm³/mol. The van der Waals surface area contributed by atoms with Crippen molar-refractivity contribution in [1.29, 1.82) is 0 Å². The molecule has 0 heterocycles. The normalized spacial score (nSPS) is 17.7. The van der Waals surface area contributed by atoms with E-state index in [1.807, 2.05) is 0 Å². The van der Waals surface area contributed by atoms with Crippen molar-refractivity contribution in [3.63, 3.8) is 0 Å². The fourth-order valence-corrected chi connectivity index (χ4v) is 6.45. The molecule has 4 rings (SSSR count). The molecule has 3 aromatic carbocycles. The van der Waals surface area contributed by atoms with Crippen LogP contribution in [-0.2, 0) is 20.4 Å². The Morgan fingerprint density at radius 3 is 2.18 bits per heavy atom. The van der Waals surface area contributed by atoms with Gasteiger partial charge in [-0.2, -0.15) is 13.2 Å². The van der Waals surface area contributed by atoms with Gasteiger partial charge in [-0.25, -0.2) is 8.78 Å².